The van der Waals surface area contributed by atoms with Crippen LogP contribution in [0.1, 0.15) is 12.5 Å². The van der Waals surface area contributed by atoms with Crippen molar-refractivity contribution < 1.29 is 18.7 Å². The van der Waals surface area contributed by atoms with Crippen molar-refractivity contribution in [2.75, 3.05) is 11.9 Å². The molecule has 4 rings (SSSR count). The first-order valence-electron chi connectivity index (χ1n) is 10.2. The van der Waals surface area contributed by atoms with E-state index in [9.17, 15) is 18.7 Å². The highest BCUT2D eigenvalue weighted by Gasteiger charge is 2.40. The number of benzene rings is 2. The van der Waals surface area contributed by atoms with Crippen molar-refractivity contribution in [3.05, 3.63) is 78.6 Å². The van der Waals surface area contributed by atoms with Crippen LogP contribution in [0.5, 0.6) is 0 Å². The number of nitrogens with zero attached hydrogens (tertiary/aromatic N) is 7. The fourth-order valence-electron chi connectivity index (χ4n) is 3.46. The van der Waals surface area contributed by atoms with Crippen LogP contribution in [0.4, 0.5) is 14.5 Å². The summed E-state index contributed by atoms with van der Waals surface area (Å²) in [7, 11) is 0. The summed E-state index contributed by atoms with van der Waals surface area (Å²) in [6.07, 6.45) is 4.07. The van der Waals surface area contributed by atoms with E-state index in [-0.39, 0.29) is 18.7 Å². The molecule has 13 heteroatoms. The lowest BCUT2D eigenvalue weighted by Crippen LogP contribution is -2.52. The summed E-state index contributed by atoms with van der Waals surface area (Å²) in [6, 6.07) is 8.95. The molecule has 176 valence electrons. The highest BCUT2D eigenvalue weighted by atomic mass is 19.1. The van der Waals surface area contributed by atoms with Crippen LogP contribution in [0.25, 0.3) is 5.69 Å². The second kappa shape index (κ2) is 9.70. The average Bonchev–Trinajstić information content (AvgIpc) is 3.52. The van der Waals surface area contributed by atoms with Gasteiger partial charge in [0, 0.05) is 17.3 Å². The Morgan fingerprint density at radius 1 is 1.18 bits per heavy atom. The number of aliphatic hydroxyl groups is 1. The molecule has 0 bridgehead atoms. The molecule has 3 N–H and O–H groups in total. The Labute approximate surface area is 192 Å². The number of aromatic nitrogens is 7. The van der Waals surface area contributed by atoms with E-state index >= 15 is 0 Å². The maximum atomic E-state index is 14.6. The molecule has 0 saturated heterocycles. The summed E-state index contributed by atoms with van der Waals surface area (Å²) in [4.78, 5) is 16.4. The molecule has 2 atom stereocenters. The van der Waals surface area contributed by atoms with Gasteiger partial charge in [-0.05, 0) is 47.7 Å². The van der Waals surface area contributed by atoms with E-state index in [1.54, 1.807) is 24.3 Å². The Morgan fingerprint density at radius 2 is 1.97 bits per heavy atom. The van der Waals surface area contributed by atoms with Crippen LogP contribution in [0.15, 0.2) is 61.4 Å². The van der Waals surface area contributed by atoms with Gasteiger partial charge in [-0.15, -0.1) is 5.10 Å². The number of amides is 1. The average molecular weight is 469 g/mol. The van der Waals surface area contributed by atoms with Gasteiger partial charge < -0.3 is 15.7 Å². The largest absolute Gasteiger partial charge is 0.381 e. The third-order valence-electron chi connectivity index (χ3n) is 5.29. The zero-order valence-electron chi connectivity index (χ0n) is 18.0. The van der Waals surface area contributed by atoms with E-state index in [0.29, 0.717) is 11.8 Å². The Hall–Kier alpha value is -4.26. The molecule has 11 nitrogen and oxygen atoms in total. The van der Waals surface area contributed by atoms with Gasteiger partial charge in [0.15, 0.2) is 0 Å². The fraction of sp³-hybridized carbons (Fsp3) is 0.238. The molecule has 1 amide bonds. The number of carbonyl (C=O) groups is 1. The number of tetrazole rings is 1. The van der Waals surface area contributed by atoms with E-state index in [2.05, 4.69) is 36.2 Å². The third kappa shape index (κ3) is 5.04. The third-order valence-corrected chi connectivity index (χ3v) is 5.29. The van der Waals surface area contributed by atoms with Crippen LogP contribution in [0.2, 0.25) is 0 Å². The Morgan fingerprint density at radius 3 is 2.62 bits per heavy atom. The van der Waals surface area contributed by atoms with Crippen LogP contribution in [0, 0.1) is 11.6 Å². The molecule has 4 aromatic rings. The minimum atomic E-state index is -1.94. The maximum absolute atomic E-state index is 14.6. The summed E-state index contributed by atoms with van der Waals surface area (Å²) in [5, 5.41) is 32.0. The van der Waals surface area contributed by atoms with Crippen LogP contribution in [-0.2, 0) is 16.9 Å². The number of rotatable bonds is 9. The molecular formula is C21H21F2N9O2. The van der Waals surface area contributed by atoms with Gasteiger partial charge in [-0.3, -0.25) is 4.79 Å². The second-order valence-corrected chi connectivity index (χ2v) is 7.59. The van der Waals surface area contributed by atoms with E-state index < -0.39 is 29.2 Å². The van der Waals surface area contributed by atoms with Gasteiger partial charge >= 0.3 is 0 Å². The zero-order valence-corrected chi connectivity index (χ0v) is 18.0. The molecule has 2 aromatic carbocycles. The Balaban J connectivity index is 1.44. The lowest BCUT2D eigenvalue weighted by Gasteiger charge is -2.35. The predicted molar refractivity (Wildman–Crippen MR) is 116 cm³/mol. The van der Waals surface area contributed by atoms with Gasteiger partial charge in [-0.2, -0.15) is 5.10 Å². The van der Waals surface area contributed by atoms with E-state index in [1.165, 1.54) is 35.3 Å². The molecule has 0 saturated carbocycles. The molecule has 0 unspecified atom stereocenters. The lowest BCUT2D eigenvalue weighted by atomic mass is 9.86. The highest BCUT2D eigenvalue weighted by molar-refractivity contribution is 5.81. The van der Waals surface area contributed by atoms with E-state index in [0.717, 1.165) is 17.8 Å². The molecule has 0 fully saturated rings. The first kappa shape index (κ1) is 22.9. The number of halogens is 2. The van der Waals surface area contributed by atoms with Gasteiger partial charge in [0.25, 0.3) is 0 Å². The lowest BCUT2D eigenvalue weighted by molar-refractivity contribution is -0.123. The number of anilines is 1. The predicted octanol–water partition coefficient (Wildman–Crippen LogP) is 1.04. The second-order valence-electron chi connectivity index (χ2n) is 7.59. The van der Waals surface area contributed by atoms with Crippen LogP contribution in [0.3, 0.4) is 0 Å². The molecule has 0 aliphatic carbocycles. The SMILES string of the molecule is C[C@@H](NC(=O)CNc1ccc(-n2cnnn2)cc1)[C@@](O)(Cn1cncn1)c1ccc(F)cc1F. The van der Waals surface area contributed by atoms with Crippen LogP contribution < -0.4 is 10.6 Å². The van der Waals surface area contributed by atoms with Crippen molar-refractivity contribution in [3.8, 4) is 5.69 Å². The summed E-state index contributed by atoms with van der Waals surface area (Å²) in [5.41, 5.74) is -0.701. The van der Waals surface area contributed by atoms with Crippen molar-refractivity contribution in [1.82, 2.24) is 40.3 Å². The van der Waals surface area contributed by atoms with E-state index in [4.69, 9.17) is 0 Å². The summed E-state index contributed by atoms with van der Waals surface area (Å²) < 4.78 is 30.8. The maximum Gasteiger partial charge on any atom is 0.239 e. The summed E-state index contributed by atoms with van der Waals surface area (Å²) in [6.45, 7) is 1.20. The summed E-state index contributed by atoms with van der Waals surface area (Å²) in [5.74, 6) is -2.17. The quantitative estimate of drug-likeness (QED) is 0.331. The molecule has 0 aliphatic heterocycles. The van der Waals surface area contributed by atoms with Crippen molar-refractivity contribution in [1.29, 1.82) is 0 Å². The molecule has 2 heterocycles. The first-order chi connectivity index (χ1) is 16.3. The van der Waals surface area contributed by atoms with Crippen molar-refractivity contribution >= 4 is 11.6 Å². The normalized spacial score (nSPS) is 13.8. The van der Waals surface area contributed by atoms with Gasteiger partial charge in [-0.1, -0.05) is 6.07 Å². The summed E-state index contributed by atoms with van der Waals surface area (Å²) >= 11 is 0. The molecule has 0 spiro atoms. The van der Waals surface area contributed by atoms with Crippen molar-refractivity contribution in [2.24, 2.45) is 0 Å². The smallest absolute Gasteiger partial charge is 0.239 e. The molecular weight excluding hydrogens is 448 g/mol. The minimum absolute atomic E-state index is 0.111. The van der Waals surface area contributed by atoms with Crippen molar-refractivity contribution in [3.63, 3.8) is 0 Å². The molecule has 0 radical (unpaired) electrons. The van der Waals surface area contributed by atoms with Crippen LogP contribution >= 0.6 is 0 Å². The van der Waals surface area contributed by atoms with Gasteiger partial charge in [0.1, 0.15) is 36.2 Å². The fourth-order valence-corrected chi connectivity index (χ4v) is 3.46. The first-order valence-corrected chi connectivity index (χ1v) is 10.2. The number of hydrogen-bond donors (Lipinski definition) is 3. The number of carbonyl (C=O) groups excluding carboxylic acids is 1. The molecule has 34 heavy (non-hydrogen) atoms. The standard InChI is InChI=1S/C21H21F2N9O2/c1-14(21(34,10-31-12-24-11-27-31)18-7-2-15(22)8-19(18)23)28-20(33)9-25-16-3-5-17(6-4-16)32-13-26-29-30-32/h2-8,11-14,25,34H,9-10H2,1H3,(H,28,33)/t14-,21+/m1/s1. The van der Waals surface area contributed by atoms with Crippen LogP contribution in [-0.4, -0.2) is 58.6 Å². The Bertz CT molecular complexity index is 1230. The van der Waals surface area contributed by atoms with Gasteiger partial charge in [0.05, 0.1) is 24.8 Å². The Kier molecular flexibility index (Phi) is 6.54. The number of hydrogen-bond acceptors (Lipinski definition) is 8. The number of nitrogens with one attached hydrogen (secondary N) is 2. The van der Waals surface area contributed by atoms with Crippen molar-refractivity contribution in [2.45, 2.75) is 25.1 Å². The zero-order chi connectivity index (χ0) is 24.1. The van der Waals surface area contributed by atoms with Gasteiger partial charge in [-0.25, -0.2) is 23.1 Å². The molecule has 2 aromatic heterocycles. The van der Waals surface area contributed by atoms with E-state index in [1.807, 2.05) is 0 Å². The monoisotopic (exact) mass is 469 g/mol. The topological polar surface area (TPSA) is 136 Å². The van der Waals surface area contributed by atoms with Gasteiger partial charge in [0.2, 0.25) is 5.91 Å². The highest BCUT2D eigenvalue weighted by Crippen LogP contribution is 2.30. The molecule has 0 aliphatic rings. The minimum Gasteiger partial charge on any atom is -0.381 e.